The van der Waals surface area contributed by atoms with Crippen LogP contribution < -0.4 is 0 Å². The molecule has 1 N–H and O–H groups in total. The summed E-state index contributed by atoms with van der Waals surface area (Å²) in [6.45, 7) is 2.42. The normalized spacial score (nSPS) is 27.0. The van der Waals surface area contributed by atoms with E-state index in [1.165, 1.54) is 0 Å². The molecule has 5 nitrogen and oxygen atoms in total. The molecule has 2 saturated heterocycles. The van der Waals surface area contributed by atoms with Crippen molar-refractivity contribution in [2.75, 3.05) is 26.2 Å². The van der Waals surface area contributed by atoms with Crippen LogP contribution in [0.2, 0.25) is 0 Å². The van der Waals surface area contributed by atoms with Crippen molar-refractivity contribution in [3.63, 3.8) is 0 Å². The summed E-state index contributed by atoms with van der Waals surface area (Å²) in [5.41, 5.74) is 1.97. The zero-order chi connectivity index (χ0) is 16.6. The second kappa shape index (κ2) is 6.14. The molecule has 1 aromatic heterocycles. The van der Waals surface area contributed by atoms with Crippen LogP contribution in [0.3, 0.4) is 0 Å². The Hall–Kier alpha value is -1.57. The molecule has 3 rings (SSSR count). The van der Waals surface area contributed by atoms with Gasteiger partial charge in [0.25, 0.3) is 0 Å². The van der Waals surface area contributed by atoms with Crippen molar-refractivity contribution < 1.29 is 18.0 Å². The van der Waals surface area contributed by atoms with Gasteiger partial charge < -0.3 is 4.90 Å². The quantitative estimate of drug-likeness (QED) is 0.923. The minimum atomic E-state index is -4.33. The number of likely N-dealkylation sites (tertiary alicyclic amines) is 2. The molecule has 2 atom stereocenters. The molecule has 2 unspecified atom stereocenters. The Morgan fingerprint density at radius 2 is 2.13 bits per heavy atom. The first-order valence-corrected chi connectivity index (χ1v) is 7.95. The number of carbonyl (C=O) groups excluding carboxylic acids is 1. The largest absolute Gasteiger partial charge is 0.406 e. The summed E-state index contributed by atoms with van der Waals surface area (Å²) >= 11 is 0. The van der Waals surface area contributed by atoms with Crippen LogP contribution in [0.4, 0.5) is 13.2 Å². The van der Waals surface area contributed by atoms with Crippen LogP contribution in [0.1, 0.15) is 36.6 Å². The van der Waals surface area contributed by atoms with Crippen molar-refractivity contribution in [3.8, 4) is 0 Å². The third kappa shape index (κ3) is 3.68. The fraction of sp³-hybridized carbons (Fsp3) is 0.733. The molecule has 1 aromatic rings. The highest BCUT2D eigenvalue weighted by Crippen LogP contribution is 2.30. The highest BCUT2D eigenvalue weighted by molar-refractivity contribution is 5.84. The van der Waals surface area contributed by atoms with Crippen molar-refractivity contribution in [1.82, 2.24) is 20.0 Å². The highest BCUT2D eigenvalue weighted by Gasteiger charge is 2.42. The van der Waals surface area contributed by atoms with E-state index in [1.54, 1.807) is 0 Å². The lowest BCUT2D eigenvalue weighted by atomic mass is 9.93. The number of nitrogens with one attached hydrogen (secondary N) is 1. The Bertz CT molecular complexity index is 571. The fourth-order valence-corrected chi connectivity index (χ4v) is 3.61. The van der Waals surface area contributed by atoms with E-state index < -0.39 is 18.8 Å². The maximum absolute atomic E-state index is 12.5. The Labute approximate surface area is 132 Å². The monoisotopic (exact) mass is 330 g/mol. The van der Waals surface area contributed by atoms with Gasteiger partial charge in [-0.3, -0.25) is 14.8 Å². The van der Waals surface area contributed by atoms with E-state index in [0.29, 0.717) is 13.0 Å². The third-order valence-electron chi connectivity index (χ3n) is 4.68. The number of halogens is 3. The number of aromatic nitrogens is 2. The minimum absolute atomic E-state index is 0.186. The zero-order valence-corrected chi connectivity index (χ0v) is 13.1. The number of aromatic amines is 1. The standard InChI is InChI=1S/C15H21F3N4O/c1-10-7-12(20-19-10)11-3-2-5-21(8-11)13-4-6-22(14(13)23)9-15(16,17)18/h7,11,13H,2-6,8-9H2,1H3,(H,19,20). The fourth-order valence-electron chi connectivity index (χ4n) is 3.61. The SMILES string of the molecule is Cc1cc(C2CCCN(C3CCN(CC(F)(F)F)C3=O)C2)n[nH]1. The molecule has 2 aliphatic heterocycles. The van der Waals surface area contributed by atoms with Gasteiger partial charge in [0, 0.05) is 24.7 Å². The zero-order valence-electron chi connectivity index (χ0n) is 13.1. The number of piperidine rings is 1. The summed E-state index contributed by atoms with van der Waals surface area (Å²) in [6, 6.07) is 1.58. The number of H-pyrrole nitrogens is 1. The molecule has 0 aliphatic carbocycles. The molecule has 0 saturated carbocycles. The van der Waals surface area contributed by atoms with Gasteiger partial charge in [-0.25, -0.2) is 0 Å². The summed E-state index contributed by atoms with van der Waals surface area (Å²) in [7, 11) is 0. The van der Waals surface area contributed by atoms with Gasteiger partial charge in [0.1, 0.15) is 6.54 Å². The number of aryl methyl sites for hydroxylation is 1. The Morgan fingerprint density at radius 1 is 1.35 bits per heavy atom. The van der Waals surface area contributed by atoms with Crippen molar-refractivity contribution in [2.45, 2.75) is 44.3 Å². The molecular weight excluding hydrogens is 309 g/mol. The molecule has 8 heteroatoms. The predicted octanol–water partition coefficient (Wildman–Crippen LogP) is 2.06. The number of hydrogen-bond acceptors (Lipinski definition) is 3. The second-order valence-corrected chi connectivity index (χ2v) is 6.49. The summed E-state index contributed by atoms with van der Waals surface area (Å²) in [5.74, 6) is -0.153. The molecular formula is C15H21F3N4O. The minimum Gasteiger partial charge on any atom is -0.332 e. The van der Waals surface area contributed by atoms with Gasteiger partial charge in [0.15, 0.2) is 0 Å². The first-order valence-electron chi connectivity index (χ1n) is 7.95. The smallest absolute Gasteiger partial charge is 0.332 e. The van der Waals surface area contributed by atoms with Crippen molar-refractivity contribution in [1.29, 1.82) is 0 Å². The average Bonchev–Trinajstić information content (AvgIpc) is 3.05. The van der Waals surface area contributed by atoms with Crippen LogP contribution >= 0.6 is 0 Å². The Morgan fingerprint density at radius 3 is 2.78 bits per heavy atom. The van der Waals surface area contributed by atoms with Gasteiger partial charge >= 0.3 is 6.18 Å². The maximum atomic E-state index is 12.5. The van der Waals surface area contributed by atoms with Gasteiger partial charge in [0.05, 0.1) is 11.7 Å². The third-order valence-corrected chi connectivity index (χ3v) is 4.68. The molecule has 2 aliphatic rings. The number of nitrogens with zero attached hydrogens (tertiary/aromatic N) is 3. The molecule has 0 radical (unpaired) electrons. The molecule has 23 heavy (non-hydrogen) atoms. The van der Waals surface area contributed by atoms with Gasteiger partial charge in [-0.2, -0.15) is 18.3 Å². The molecule has 0 spiro atoms. The number of carbonyl (C=O) groups is 1. The van der Waals surface area contributed by atoms with Crippen molar-refractivity contribution >= 4 is 5.91 Å². The van der Waals surface area contributed by atoms with Crippen LogP contribution in [0.25, 0.3) is 0 Å². The summed E-state index contributed by atoms with van der Waals surface area (Å²) < 4.78 is 37.5. The van der Waals surface area contributed by atoms with Gasteiger partial charge in [-0.05, 0) is 38.8 Å². The molecule has 0 bridgehead atoms. The lowest BCUT2D eigenvalue weighted by Crippen LogP contribution is -2.47. The van der Waals surface area contributed by atoms with Gasteiger partial charge in [-0.15, -0.1) is 0 Å². The number of alkyl halides is 3. The lowest BCUT2D eigenvalue weighted by molar-refractivity contribution is -0.159. The number of rotatable bonds is 3. The number of amides is 1. The Kier molecular flexibility index (Phi) is 4.35. The first-order chi connectivity index (χ1) is 10.8. The van der Waals surface area contributed by atoms with Crippen molar-refractivity contribution in [3.05, 3.63) is 17.5 Å². The van der Waals surface area contributed by atoms with E-state index in [9.17, 15) is 18.0 Å². The van der Waals surface area contributed by atoms with Crippen LogP contribution in [-0.2, 0) is 4.79 Å². The van der Waals surface area contributed by atoms with E-state index in [2.05, 4.69) is 10.2 Å². The summed E-state index contributed by atoms with van der Waals surface area (Å²) in [6.07, 6.45) is -1.93. The van der Waals surface area contributed by atoms with Crippen LogP contribution in [0.5, 0.6) is 0 Å². The second-order valence-electron chi connectivity index (χ2n) is 6.49. The van der Waals surface area contributed by atoms with Gasteiger partial charge in [0.2, 0.25) is 5.91 Å². The summed E-state index contributed by atoms with van der Waals surface area (Å²) in [4.78, 5) is 15.3. The van der Waals surface area contributed by atoms with E-state index in [0.717, 1.165) is 35.7 Å². The van der Waals surface area contributed by atoms with E-state index in [-0.39, 0.29) is 18.4 Å². The summed E-state index contributed by atoms with van der Waals surface area (Å²) in [5, 5.41) is 7.21. The average molecular weight is 330 g/mol. The van der Waals surface area contributed by atoms with E-state index in [1.807, 2.05) is 17.9 Å². The van der Waals surface area contributed by atoms with Crippen molar-refractivity contribution in [2.24, 2.45) is 0 Å². The van der Waals surface area contributed by atoms with Crippen LogP contribution in [0, 0.1) is 6.92 Å². The first kappa shape index (κ1) is 16.3. The highest BCUT2D eigenvalue weighted by atomic mass is 19.4. The molecule has 2 fully saturated rings. The van der Waals surface area contributed by atoms with Crippen LogP contribution in [0.15, 0.2) is 6.07 Å². The lowest BCUT2D eigenvalue weighted by Gasteiger charge is -2.35. The van der Waals surface area contributed by atoms with Gasteiger partial charge in [-0.1, -0.05) is 0 Å². The maximum Gasteiger partial charge on any atom is 0.406 e. The topological polar surface area (TPSA) is 52.2 Å². The number of hydrogen-bond donors (Lipinski definition) is 1. The molecule has 0 aromatic carbocycles. The van der Waals surface area contributed by atoms with E-state index in [4.69, 9.17) is 0 Å². The molecule has 3 heterocycles. The predicted molar refractivity (Wildman–Crippen MR) is 77.9 cm³/mol. The van der Waals surface area contributed by atoms with E-state index >= 15 is 0 Å². The Balaban J connectivity index is 1.64. The molecule has 1 amide bonds. The molecule has 128 valence electrons. The van der Waals surface area contributed by atoms with Crippen LogP contribution in [-0.4, -0.2) is 64.3 Å².